The maximum Gasteiger partial charge on any atom is 0.323 e. The predicted octanol–water partition coefficient (Wildman–Crippen LogP) is 5.06. The topological polar surface area (TPSA) is 114 Å². The van der Waals surface area contributed by atoms with E-state index in [0.29, 0.717) is 42.3 Å². The van der Waals surface area contributed by atoms with Gasteiger partial charge in [-0.3, -0.25) is 9.59 Å². The van der Waals surface area contributed by atoms with Crippen LogP contribution in [0.2, 0.25) is 0 Å². The molecule has 1 aromatic heterocycles. The fraction of sp³-hybridized carbons (Fsp3) is 0.265. The molecule has 0 spiro atoms. The van der Waals surface area contributed by atoms with Gasteiger partial charge in [-0.05, 0) is 66.4 Å². The summed E-state index contributed by atoms with van der Waals surface area (Å²) in [6, 6.07) is 25.0. The minimum Gasteiger partial charge on any atom is -0.497 e. The third-order valence-corrected chi connectivity index (χ3v) is 8.27. The van der Waals surface area contributed by atoms with Gasteiger partial charge in [-0.25, -0.2) is 4.79 Å². The summed E-state index contributed by atoms with van der Waals surface area (Å²) in [6.45, 7) is 2.42. The number of nitrogens with one attached hydrogen (secondary N) is 3. The van der Waals surface area contributed by atoms with Crippen LogP contribution in [0.25, 0.3) is 0 Å². The molecule has 1 fully saturated rings. The molecule has 3 N–H and O–H groups in total. The predicted molar refractivity (Wildman–Crippen MR) is 170 cm³/mol. The molecule has 0 aliphatic carbocycles. The van der Waals surface area contributed by atoms with Crippen molar-refractivity contribution in [2.24, 2.45) is 5.92 Å². The van der Waals surface area contributed by atoms with Crippen molar-refractivity contribution in [2.75, 3.05) is 42.8 Å². The molecule has 0 saturated carbocycles. The SMILES string of the molecule is COc1ccc(CNC(=O)c2ccc(N3CC4CC(C3)c3cccc(=O)n3C4)c(NC(=O)Nc3cccc(OC)c3)c2)cc1. The highest BCUT2D eigenvalue weighted by Crippen LogP contribution is 2.39. The molecule has 3 amide bonds. The largest absolute Gasteiger partial charge is 0.497 e. The summed E-state index contributed by atoms with van der Waals surface area (Å²) in [5, 5.41) is 8.82. The van der Waals surface area contributed by atoms with Crippen LogP contribution in [0.5, 0.6) is 11.5 Å². The van der Waals surface area contributed by atoms with Gasteiger partial charge in [0.1, 0.15) is 11.5 Å². The number of nitrogens with zero attached hydrogens (tertiary/aromatic N) is 2. The van der Waals surface area contributed by atoms with Crippen molar-refractivity contribution in [1.82, 2.24) is 9.88 Å². The standard InChI is InChI=1S/C34H35N5O5/c1-43-27-12-9-22(10-13-27)18-35-33(41)24-11-14-31(29(16-24)37-34(42)36-26-5-3-6-28(17-26)44-2)38-19-23-15-25(21-38)30-7-4-8-32(40)39(30)20-23/h3-14,16-17,23,25H,15,18-21H2,1-2H3,(H,35,41)(H2,36,37,42). The van der Waals surface area contributed by atoms with E-state index in [1.165, 1.54) is 0 Å². The van der Waals surface area contributed by atoms with E-state index in [-0.39, 0.29) is 23.3 Å². The normalized spacial score (nSPS) is 16.8. The van der Waals surface area contributed by atoms with Gasteiger partial charge in [0.2, 0.25) is 0 Å². The summed E-state index contributed by atoms with van der Waals surface area (Å²) in [6.07, 6.45) is 1.00. The number of hydrogen-bond donors (Lipinski definition) is 3. The molecular weight excluding hydrogens is 558 g/mol. The van der Waals surface area contributed by atoms with Crippen molar-refractivity contribution in [3.63, 3.8) is 0 Å². The molecule has 0 radical (unpaired) electrons. The summed E-state index contributed by atoms with van der Waals surface area (Å²) in [5.74, 6) is 1.58. The third-order valence-electron chi connectivity index (χ3n) is 8.27. The van der Waals surface area contributed by atoms with Gasteiger partial charge in [-0.15, -0.1) is 0 Å². The van der Waals surface area contributed by atoms with E-state index in [2.05, 4.69) is 20.9 Å². The molecule has 2 aliphatic heterocycles. The van der Waals surface area contributed by atoms with Crippen LogP contribution >= 0.6 is 0 Å². The number of aromatic nitrogens is 1. The fourth-order valence-electron chi connectivity index (χ4n) is 6.16. The van der Waals surface area contributed by atoms with Crippen molar-refractivity contribution in [2.45, 2.75) is 25.4 Å². The van der Waals surface area contributed by atoms with Crippen molar-refractivity contribution >= 4 is 29.0 Å². The van der Waals surface area contributed by atoms with E-state index >= 15 is 0 Å². The molecule has 2 unspecified atom stereocenters. The van der Waals surface area contributed by atoms with Crippen LogP contribution in [-0.2, 0) is 13.1 Å². The summed E-state index contributed by atoms with van der Waals surface area (Å²) >= 11 is 0. The number of hydrogen-bond acceptors (Lipinski definition) is 6. The fourth-order valence-corrected chi connectivity index (χ4v) is 6.16. The summed E-state index contributed by atoms with van der Waals surface area (Å²) in [5.41, 5.74) is 4.35. The number of fused-ring (bicyclic) bond motifs is 4. The minimum atomic E-state index is -0.440. The Hall–Kier alpha value is -5.25. The number of rotatable bonds is 8. The lowest BCUT2D eigenvalue weighted by molar-refractivity contribution is 0.0951. The number of pyridine rings is 1. The number of anilines is 3. The molecule has 1 saturated heterocycles. The summed E-state index contributed by atoms with van der Waals surface area (Å²) < 4.78 is 12.4. The van der Waals surface area contributed by atoms with Gasteiger partial charge in [0.05, 0.1) is 25.6 Å². The number of methoxy groups -OCH3 is 2. The quantitative estimate of drug-likeness (QED) is 0.263. The van der Waals surface area contributed by atoms with Crippen molar-refractivity contribution in [1.29, 1.82) is 0 Å². The Morgan fingerprint density at radius 1 is 0.841 bits per heavy atom. The summed E-state index contributed by atoms with van der Waals surface area (Å²) in [7, 11) is 3.18. The number of urea groups is 1. The maximum absolute atomic E-state index is 13.2. The first-order chi connectivity index (χ1) is 21.4. The summed E-state index contributed by atoms with van der Waals surface area (Å²) in [4.78, 5) is 41.2. The number of carbonyl (C=O) groups excluding carboxylic acids is 2. The zero-order valence-corrected chi connectivity index (χ0v) is 24.7. The maximum atomic E-state index is 13.2. The average molecular weight is 594 g/mol. The lowest BCUT2D eigenvalue weighted by Gasteiger charge is -2.44. The second-order valence-corrected chi connectivity index (χ2v) is 11.2. The number of ether oxygens (including phenoxy) is 2. The third kappa shape index (κ3) is 6.24. The zero-order chi connectivity index (χ0) is 30.6. The molecule has 226 valence electrons. The van der Waals surface area contributed by atoms with E-state index in [0.717, 1.165) is 35.7 Å². The van der Waals surface area contributed by atoms with Gasteiger partial charge < -0.3 is 34.9 Å². The first-order valence-electron chi connectivity index (χ1n) is 14.6. The molecule has 10 heteroatoms. The van der Waals surface area contributed by atoms with Crippen molar-refractivity contribution in [3.05, 3.63) is 112 Å². The molecule has 2 bridgehead atoms. The van der Waals surface area contributed by atoms with E-state index < -0.39 is 6.03 Å². The highest BCUT2D eigenvalue weighted by molar-refractivity contribution is 6.04. The molecule has 3 aromatic carbocycles. The molecule has 3 heterocycles. The van der Waals surface area contributed by atoms with Crippen LogP contribution in [0.4, 0.5) is 21.9 Å². The van der Waals surface area contributed by atoms with Crippen LogP contribution in [0, 0.1) is 5.92 Å². The number of benzene rings is 3. The van der Waals surface area contributed by atoms with Crippen LogP contribution in [-0.4, -0.2) is 43.8 Å². The highest BCUT2D eigenvalue weighted by Gasteiger charge is 2.35. The Bertz CT molecular complexity index is 1740. The molecule has 10 nitrogen and oxygen atoms in total. The Morgan fingerprint density at radius 3 is 2.43 bits per heavy atom. The average Bonchev–Trinajstić information content (AvgIpc) is 3.04. The molecule has 2 atom stereocenters. The van der Waals surface area contributed by atoms with Gasteiger partial charge in [-0.2, -0.15) is 0 Å². The number of piperidine rings is 1. The lowest BCUT2D eigenvalue weighted by atomic mass is 9.83. The first-order valence-corrected chi connectivity index (χ1v) is 14.6. The van der Waals surface area contributed by atoms with Crippen molar-refractivity contribution in [3.8, 4) is 11.5 Å². The van der Waals surface area contributed by atoms with E-state index in [4.69, 9.17) is 9.47 Å². The number of carbonyl (C=O) groups is 2. The molecule has 2 aliphatic rings. The van der Waals surface area contributed by atoms with E-state index in [1.807, 2.05) is 47.0 Å². The van der Waals surface area contributed by atoms with Crippen LogP contribution in [0.3, 0.4) is 0 Å². The second-order valence-electron chi connectivity index (χ2n) is 11.2. The van der Waals surface area contributed by atoms with Crippen LogP contribution < -0.4 is 35.9 Å². The molecular formula is C34H35N5O5. The van der Waals surface area contributed by atoms with Gasteiger partial charge in [0, 0.05) is 61.2 Å². The Kier molecular flexibility index (Phi) is 8.23. The second kappa shape index (κ2) is 12.5. The van der Waals surface area contributed by atoms with Crippen molar-refractivity contribution < 1.29 is 19.1 Å². The monoisotopic (exact) mass is 593 g/mol. The molecule has 44 heavy (non-hydrogen) atoms. The smallest absolute Gasteiger partial charge is 0.323 e. The van der Waals surface area contributed by atoms with Gasteiger partial charge >= 0.3 is 6.03 Å². The first kappa shape index (κ1) is 28.9. The molecule has 6 rings (SSSR count). The van der Waals surface area contributed by atoms with Gasteiger partial charge in [0.25, 0.3) is 11.5 Å². The lowest BCUT2D eigenvalue weighted by Crippen LogP contribution is -2.47. The molecule has 4 aromatic rings. The van der Waals surface area contributed by atoms with Crippen LogP contribution in [0.1, 0.15) is 34.0 Å². The Labute approximate surface area is 255 Å². The van der Waals surface area contributed by atoms with Crippen LogP contribution in [0.15, 0.2) is 89.7 Å². The Balaban J connectivity index is 1.25. The highest BCUT2D eigenvalue weighted by atomic mass is 16.5. The minimum absolute atomic E-state index is 0.0345. The number of amides is 3. The van der Waals surface area contributed by atoms with E-state index in [1.54, 1.807) is 56.7 Å². The zero-order valence-electron chi connectivity index (χ0n) is 24.7. The van der Waals surface area contributed by atoms with Gasteiger partial charge in [-0.1, -0.05) is 24.3 Å². The van der Waals surface area contributed by atoms with E-state index in [9.17, 15) is 14.4 Å². The van der Waals surface area contributed by atoms with Gasteiger partial charge in [0.15, 0.2) is 0 Å². The Morgan fingerprint density at radius 2 is 1.64 bits per heavy atom.